The molecule has 5 heteroatoms. The minimum Gasteiger partial charge on any atom is -0.508 e. The number of phenolic OH excluding ortho intramolecular Hbond substituents is 1. The highest BCUT2D eigenvalue weighted by molar-refractivity contribution is 5.88. The lowest BCUT2D eigenvalue weighted by Crippen LogP contribution is -2.59. The number of amides is 1. The molecule has 5 atom stereocenters. The monoisotopic (exact) mass is 409 g/mol. The zero-order chi connectivity index (χ0) is 21.1. The third-order valence-corrected chi connectivity index (χ3v) is 8.38. The first-order valence-electron chi connectivity index (χ1n) is 11.1. The molecular formula is C25H31NO4. The number of ether oxygens (including phenoxy) is 1. The molecule has 1 heterocycles. The number of benzene rings is 2. The van der Waals surface area contributed by atoms with E-state index in [1.54, 1.807) is 6.07 Å². The summed E-state index contributed by atoms with van der Waals surface area (Å²) in [5, 5.41) is 25.5. The average molecular weight is 410 g/mol. The van der Waals surface area contributed by atoms with E-state index in [1.165, 1.54) is 0 Å². The van der Waals surface area contributed by atoms with Crippen LogP contribution in [0.2, 0.25) is 0 Å². The zero-order valence-corrected chi connectivity index (χ0v) is 17.7. The van der Waals surface area contributed by atoms with Gasteiger partial charge in [0.05, 0.1) is 12.7 Å². The van der Waals surface area contributed by atoms with Gasteiger partial charge in [-0.05, 0) is 58.8 Å². The number of carbonyl (C=O) groups is 1. The second-order valence-electron chi connectivity index (χ2n) is 10.0. The first kappa shape index (κ1) is 19.8. The smallest absolute Gasteiger partial charge is 0.222 e. The fourth-order valence-corrected chi connectivity index (χ4v) is 6.99. The predicted octanol–water partition coefficient (Wildman–Crippen LogP) is 3.93. The van der Waals surface area contributed by atoms with Crippen LogP contribution in [0.5, 0.6) is 5.75 Å². The van der Waals surface area contributed by atoms with E-state index in [-0.39, 0.29) is 47.8 Å². The van der Waals surface area contributed by atoms with Crippen LogP contribution in [0, 0.1) is 22.7 Å². The van der Waals surface area contributed by atoms with E-state index in [9.17, 15) is 15.0 Å². The molecule has 30 heavy (non-hydrogen) atoms. The first-order valence-corrected chi connectivity index (χ1v) is 11.1. The standard InChI is InChI=1S/C25H31NO4/c1-24(2)16-13-18-22(21-17-6-4-3-5-15(17)7-8-19(21)28)30-12-10-25(18,14-16)23(24)26-20(29)9-11-27/h3-8,16,18,22-23,27-28H,9-14H2,1-2H3,(H,26,29)/t16-,18-,22+,23+,25-/m1/s1. The third-order valence-electron chi connectivity index (χ3n) is 8.38. The van der Waals surface area contributed by atoms with E-state index < -0.39 is 0 Å². The lowest BCUT2D eigenvalue weighted by molar-refractivity contribution is -0.137. The normalized spacial score (nSPS) is 34.1. The van der Waals surface area contributed by atoms with Gasteiger partial charge in [0.15, 0.2) is 0 Å². The Morgan fingerprint density at radius 1 is 1.23 bits per heavy atom. The molecule has 0 unspecified atom stereocenters. The van der Waals surface area contributed by atoms with Crippen molar-refractivity contribution in [3.63, 3.8) is 0 Å². The fourth-order valence-electron chi connectivity index (χ4n) is 6.99. The minimum atomic E-state index is -0.178. The number of hydrogen-bond acceptors (Lipinski definition) is 4. The molecule has 1 spiro atoms. The first-order chi connectivity index (χ1) is 14.4. The largest absolute Gasteiger partial charge is 0.508 e. The van der Waals surface area contributed by atoms with Gasteiger partial charge in [-0.1, -0.05) is 44.2 Å². The molecule has 5 nitrogen and oxygen atoms in total. The van der Waals surface area contributed by atoms with Crippen LogP contribution in [0.4, 0.5) is 0 Å². The van der Waals surface area contributed by atoms with Crippen molar-refractivity contribution < 1.29 is 19.7 Å². The number of rotatable bonds is 4. The Hall–Kier alpha value is -2.11. The second-order valence-corrected chi connectivity index (χ2v) is 10.0. The molecule has 2 aromatic carbocycles. The van der Waals surface area contributed by atoms with Crippen LogP contribution < -0.4 is 5.32 Å². The van der Waals surface area contributed by atoms with Gasteiger partial charge in [0, 0.05) is 24.6 Å². The van der Waals surface area contributed by atoms with Gasteiger partial charge < -0.3 is 20.3 Å². The van der Waals surface area contributed by atoms with Crippen molar-refractivity contribution in [1.82, 2.24) is 5.32 Å². The van der Waals surface area contributed by atoms with Gasteiger partial charge in [-0.2, -0.15) is 0 Å². The number of aliphatic hydroxyl groups excluding tert-OH is 1. The van der Waals surface area contributed by atoms with Crippen molar-refractivity contribution in [2.45, 2.75) is 51.7 Å². The van der Waals surface area contributed by atoms with E-state index in [0.29, 0.717) is 18.3 Å². The van der Waals surface area contributed by atoms with Crippen LogP contribution >= 0.6 is 0 Å². The molecule has 2 aromatic rings. The second kappa shape index (κ2) is 6.96. The molecule has 2 aliphatic carbocycles. The maximum absolute atomic E-state index is 12.5. The Labute approximate surface area is 177 Å². The van der Waals surface area contributed by atoms with E-state index in [4.69, 9.17) is 4.74 Å². The maximum atomic E-state index is 12.5. The number of aromatic hydroxyl groups is 1. The van der Waals surface area contributed by atoms with Crippen molar-refractivity contribution in [3.05, 3.63) is 42.0 Å². The SMILES string of the molecule is CC1(C)[C@@H]2C[C@@H]3[C@@H](c4c(O)ccc5ccccc45)OCC[C@]3(C2)[C@H]1NC(=O)CCO. The number of hydrogen-bond donors (Lipinski definition) is 3. The molecule has 160 valence electrons. The Bertz CT molecular complexity index is 986. The van der Waals surface area contributed by atoms with Gasteiger partial charge >= 0.3 is 0 Å². The maximum Gasteiger partial charge on any atom is 0.222 e. The van der Waals surface area contributed by atoms with Crippen molar-refractivity contribution in [2.75, 3.05) is 13.2 Å². The Morgan fingerprint density at radius 3 is 2.83 bits per heavy atom. The number of fused-ring (bicyclic) bond motifs is 2. The Morgan fingerprint density at radius 2 is 2.03 bits per heavy atom. The molecule has 2 bridgehead atoms. The van der Waals surface area contributed by atoms with Crippen molar-refractivity contribution in [1.29, 1.82) is 0 Å². The summed E-state index contributed by atoms with van der Waals surface area (Å²) in [6, 6.07) is 11.9. The third kappa shape index (κ3) is 2.71. The lowest BCUT2D eigenvalue weighted by atomic mass is 9.58. The molecule has 1 saturated heterocycles. The molecule has 1 amide bonds. The molecule has 3 N–H and O–H groups in total. The molecule has 3 aliphatic rings. The van der Waals surface area contributed by atoms with Crippen LogP contribution in [0.15, 0.2) is 36.4 Å². The highest BCUT2D eigenvalue weighted by atomic mass is 16.5. The summed E-state index contributed by atoms with van der Waals surface area (Å²) in [5.74, 6) is 0.967. The van der Waals surface area contributed by atoms with Gasteiger partial charge in [-0.3, -0.25) is 4.79 Å². The van der Waals surface area contributed by atoms with Gasteiger partial charge in [0.25, 0.3) is 0 Å². The van der Waals surface area contributed by atoms with Gasteiger partial charge in [0.2, 0.25) is 5.91 Å². The summed E-state index contributed by atoms with van der Waals surface area (Å²) in [6.07, 6.45) is 3.02. The molecule has 3 fully saturated rings. The van der Waals surface area contributed by atoms with Crippen LogP contribution in [0.25, 0.3) is 10.8 Å². The number of aliphatic hydroxyl groups is 1. The number of nitrogens with one attached hydrogen (secondary N) is 1. The van der Waals surface area contributed by atoms with E-state index >= 15 is 0 Å². The molecule has 5 rings (SSSR count). The van der Waals surface area contributed by atoms with Crippen molar-refractivity contribution in [3.8, 4) is 5.75 Å². The highest BCUT2D eigenvalue weighted by Crippen LogP contribution is 2.71. The van der Waals surface area contributed by atoms with Gasteiger partial charge in [-0.15, -0.1) is 0 Å². The Kier molecular flexibility index (Phi) is 4.60. The summed E-state index contributed by atoms with van der Waals surface area (Å²) in [4.78, 5) is 12.5. The fraction of sp³-hybridized carbons (Fsp3) is 0.560. The van der Waals surface area contributed by atoms with Crippen LogP contribution in [-0.4, -0.2) is 35.4 Å². The quantitative estimate of drug-likeness (QED) is 0.715. The summed E-state index contributed by atoms with van der Waals surface area (Å²) in [6.45, 7) is 5.03. The lowest BCUT2D eigenvalue weighted by Gasteiger charge is -2.53. The summed E-state index contributed by atoms with van der Waals surface area (Å²) >= 11 is 0. The summed E-state index contributed by atoms with van der Waals surface area (Å²) < 4.78 is 6.37. The molecule has 0 radical (unpaired) electrons. The summed E-state index contributed by atoms with van der Waals surface area (Å²) in [7, 11) is 0. The predicted molar refractivity (Wildman–Crippen MR) is 115 cm³/mol. The van der Waals surface area contributed by atoms with E-state index in [2.05, 4.69) is 31.3 Å². The van der Waals surface area contributed by atoms with E-state index in [0.717, 1.165) is 35.6 Å². The van der Waals surface area contributed by atoms with Gasteiger partial charge in [0.1, 0.15) is 5.75 Å². The van der Waals surface area contributed by atoms with Crippen LogP contribution in [0.1, 0.15) is 51.2 Å². The topological polar surface area (TPSA) is 78.8 Å². The van der Waals surface area contributed by atoms with Crippen molar-refractivity contribution in [2.24, 2.45) is 22.7 Å². The number of carbonyl (C=O) groups excluding carboxylic acids is 1. The number of phenols is 1. The summed E-state index contributed by atoms with van der Waals surface area (Å²) in [5.41, 5.74) is 0.860. The molecular weight excluding hydrogens is 378 g/mol. The van der Waals surface area contributed by atoms with E-state index in [1.807, 2.05) is 18.2 Å². The molecule has 0 aromatic heterocycles. The van der Waals surface area contributed by atoms with Crippen LogP contribution in [-0.2, 0) is 9.53 Å². The zero-order valence-electron chi connectivity index (χ0n) is 17.7. The van der Waals surface area contributed by atoms with Gasteiger partial charge in [-0.25, -0.2) is 0 Å². The van der Waals surface area contributed by atoms with Crippen LogP contribution in [0.3, 0.4) is 0 Å². The minimum absolute atomic E-state index is 0.00427. The Balaban J connectivity index is 1.57. The average Bonchev–Trinajstić information content (AvgIpc) is 3.21. The molecule has 2 saturated carbocycles. The molecule has 1 aliphatic heterocycles. The highest BCUT2D eigenvalue weighted by Gasteiger charge is 2.68. The van der Waals surface area contributed by atoms with Crippen molar-refractivity contribution >= 4 is 16.7 Å².